The van der Waals surface area contributed by atoms with Gasteiger partial charge in [-0.2, -0.15) is 0 Å². The second kappa shape index (κ2) is 6.92. The van der Waals surface area contributed by atoms with Gasteiger partial charge in [0.15, 0.2) is 0 Å². The van der Waals surface area contributed by atoms with Crippen LogP contribution in [0.1, 0.15) is 51.5 Å². The van der Waals surface area contributed by atoms with Crippen molar-refractivity contribution in [2.45, 2.75) is 54.2 Å². The van der Waals surface area contributed by atoms with E-state index in [1.807, 2.05) is 8.85 Å². The summed E-state index contributed by atoms with van der Waals surface area (Å²) in [5, 5.41) is 0. The molecule has 0 spiro atoms. The second-order valence-corrected chi connectivity index (χ2v) is 18.2. The standard InChI is InChI=1S/C9H11.C7H9.C7H6.CH3.Zr/c1-2-5-9-7-3-6-8(9)4-1;1-6-4-3-5-7(6)2;1-7-5-3-2-4-6-7;;/h3,6-7H,1-2,4-5H2;4H,3H2,1-2H3;1-6H;1H3;. The summed E-state index contributed by atoms with van der Waals surface area (Å²) in [4.78, 5) is 0. The molecule has 0 nitrogen and oxygen atoms in total. The van der Waals surface area contributed by atoms with Crippen molar-refractivity contribution < 1.29 is 19.8 Å². The maximum absolute atomic E-state index is 2.75. The molecule has 0 aromatic heterocycles. The van der Waals surface area contributed by atoms with Crippen LogP contribution in [0.4, 0.5) is 0 Å². The van der Waals surface area contributed by atoms with Gasteiger partial charge in [0.2, 0.25) is 0 Å². The monoisotopic (exact) mass is 407 g/mol. The maximum atomic E-state index is 2.75. The topological polar surface area (TPSA) is 0 Å². The van der Waals surface area contributed by atoms with Crippen LogP contribution in [0.25, 0.3) is 0 Å². The van der Waals surface area contributed by atoms with Crippen LogP contribution in [0.2, 0.25) is 8.26 Å². The summed E-state index contributed by atoms with van der Waals surface area (Å²) in [5.74, 6) is 0. The molecular weight excluding hydrogens is 379 g/mol. The Morgan fingerprint density at radius 1 is 1.04 bits per heavy atom. The van der Waals surface area contributed by atoms with Gasteiger partial charge >= 0.3 is 157 Å². The molecule has 0 N–H and O–H groups in total. The van der Waals surface area contributed by atoms with E-state index in [4.69, 9.17) is 0 Å². The van der Waals surface area contributed by atoms with Gasteiger partial charge in [-0.15, -0.1) is 0 Å². The fraction of sp³-hybridized carbons (Fsp3) is 0.375. The molecule has 1 aromatic carbocycles. The zero-order valence-corrected chi connectivity index (χ0v) is 18.3. The van der Waals surface area contributed by atoms with Gasteiger partial charge in [-0.25, -0.2) is 0 Å². The zero-order chi connectivity index (χ0) is 17.4. The van der Waals surface area contributed by atoms with Crippen molar-refractivity contribution >= 4 is 3.71 Å². The molecule has 0 heterocycles. The van der Waals surface area contributed by atoms with Gasteiger partial charge in [0, 0.05) is 0 Å². The Morgan fingerprint density at radius 3 is 2.52 bits per heavy atom. The van der Waals surface area contributed by atoms with E-state index in [-0.39, 0.29) is 0 Å². The molecule has 0 saturated heterocycles. The minimum absolute atomic E-state index is 0.731. The summed E-state index contributed by atoms with van der Waals surface area (Å²) in [6.07, 6.45) is 14.2. The average Bonchev–Trinajstić information content (AvgIpc) is 3.20. The molecule has 0 amide bonds. The Hall–Kier alpha value is -1.07. The molecule has 1 heteroatoms. The molecule has 0 saturated carbocycles. The predicted octanol–water partition coefficient (Wildman–Crippen LogP) is 6.89. The van der Waals surface area contributed by atoms with E-state index in [0.29, 0.717) is 0 Å². The minimum atomic E-state index is -2.72. The Bertz CT molecular complexity index is 859. The fourth-order valence-electron chi connectivity index (χ4n) is 5.07. The van der Waals surface area contributed by atoms with Crippen molar-refractivity contribution in [3.8, 4) is 0 Å². The number of allylic oxidation sites excluding steroid dienone is 8. The third kappa shape index (κ3) is 3.10. The van der Waals surface area contributed by atoms with E-state index in [0.717, 1.165) is 3.63 Å². The van der Waals surface area contributed by atoms with Gasteiger partial charge in [-0.1, -0.05) is 0 Å². The van der Waals surface area contributed by atoms with Crippen LogP contribution in [-0.4, -0.2) is 3.71 Å². The van der Waals surface area contributed by atoms with Crippen molar-refractivity contribution in [1.82, 2.24) is 0 Å². The van der Waals surface area contributed by atoms with Crippen molar-refractivity contribution in [3.63, 3.8) is 0 Å². The quantitative estimate of drug-likeness (QED) is 0.510. The van der Waals surface area contributed by atoms with E-state index in [1.165, 1.54) is 43.2 Å². The van der Waals surface area contributed by atoms with E-state index < -0.39 is 19.8 Å². The first-order valence-corrected chi connectivity index (χ1v) is 16.3. The molecular formula is C24H29Zr. The Morgan fingerprint density at radius 2 is 1.80 bits per heavy atom. The van der Waals surface area contributed by atoms with Gasteiger partial charge in [0.1, 0.15) is 0 Å². The van der Waals surface area contributed by atoms with E-state index >= 15 is 0 Å². The normalized spacial score (nSPS) is 25.1. The van der Waals surface area contributed by atoms with Crippen LogP contribution in [0.3, 0.4) is 0 Å². The molecule has 0 bridgehead atoms. The Kier molecular flexibility index (Phi) is 4.80. The molecule has 2 atom stereocenters. The molecule has 0 radical (unpaired) electrons. The van der Waals surface area contributed by atoms with Gasteiger partial charge < -0.3 is 0 Å². The second-order valence-electron chi connectivity index (χ2n) is 8.13. The summed E-state index contributed by atoms with van der Waals surface area (Å²) >= 11 is -2.72. The fourth-order valence-corrected chi connectivity index (χ4v) is 16.7. The predicted molar refractivity (Wildman–Crippen MR) is 107 cm³/mol. The van der Waals surface area contributed by atoms with Crippen molar-refractivity contribution in [2.24, 2.45) is 0 Å². The van der Waals surface area contributed by atoms with Crippen molar-refractivity contribution in [1.29, 1.82) is 0 Å². The molecule has 3 aliphatic rings. The molecule has 0 fully saturated rings. The van der Waals surface area contributed by atoms with E-state index in [9.17, 15) is 0 Å². The van der Waals surface area contributed by atoms with Crippen LogP contribution in [0.15, 0.2) is 74.1 Å². The molecule has 4 rings (SSSR count). The van der Waals surface area contributed by atoms with Crippen LogP contribution >= 0.6 is 0 Å². The Labute approximate surface area is 156 Å². The molecule has 0 aliphatic heterocycles. The summed E-state index contributed by atoms with van der Waals surface area (Å²) < 4.78 is 7.99. The number of rotatable bonds is 3. The molecule has 25 heavy (non-hydrogen) atoms. The zero-order valence-electron chi connectivity index (χ0n) is 15.8. The van der Waals surface area contributed by atoms with E-state index in [2.05, 4.69) is 70.7 Å². The molecule has 3 aliphatic carbocycles. The molecule has 1 aromatic rings. The summed E-state index contributed by atoms with van der Waals surface area (Å²) in [6.45, 7) is 4.67. The first kappa shape index (κ1) is 17.4. The van der Waals surface area contributed by atoms with Gasteiger partial charge in [0.25, 0.3) is 0 Å². The van der Waals surface area contributed by atoms with E-state index in [1.54, 1.807) is 11.1 Å². The SMILES string of the molecule is CC1=CC[C]([Zr]([CH3])(=[CH]c2ccccc2)[CH]2C=CC3=C2CCCC3)=C1C. The third-order valence-corrected chi connectivity index (χ3v) is 18.1. The summed E-state index contributed by atoms with van der Waals surface area (Å²) in [7, 11) is 0. The van der Waals surface area contributed by atoms with Crippen LogP contribution in [0, 0.1) is 0 Å². The first-order valence-electron chi connectivity index (χ1n) is 9.78. The molecule has 129 valence electrons. The Balaban J connectivity index is 1.88. The van der Waals surface area contributed by atoms with Crippen molar-refractivity contribution in [2.75, 3.05) is 0 Å². The van der Waals surface area contributed by atoms with Gasteiger partial charge in [-0.05, 0) is 0 Å². The number of hydrogen-bond acceptors (Lipinski definition) is 0. The third-order valence-electron chi connectivity index (χ3n) is 6.64. The van der Waals surface area contributed by atoms with Gasteiger partial charge in [-0.3, -0.25) is 0 Å². The first-order chi connectivity index (χ1) is 12.1. The van der Waals surface area contributed by atoms with Gasteiger partial charge in [0.05, 0.1) is 0 Å². The summed E-state index contributed by atoms with van der Waals surface area (Å²) in [5.41, 5.74) is 8.04. The number of benzene rings is 1. The number of hydrogen-bond donors (Lipinski definition) is 0. The molecule has 2 unspecified atom stereocenters. The van der Waals surface area contributed by atoms with Crippen LogP contribution < -0.4 is 0 Å². The average molecular weight is 409 g/mol. The van der Waals surface area contributed by atoms with Crippen LogP contribution in [0.5, 0.6) is 0 Å². The summed E-state index contributed by atoms with van der Waals surface area (Å²) in [6, 6.07) is 11.1. The van der Waals surface area contributed by atoms with Crippen molar-refractivity contribution in [3.05, 3.63) is 79.7 Å². The van der Waals surface area contributed by atoms with Crippen LogP contribution in [-0.2, 0) is 19.8 Å².